The quantitative estimate of drug-likeness (QED) is 0.315. The molecular weight excluding hydrogens is 481 g/mol. The SMILES string of the molecule is CS(=O)(=O)c1ccccc1-c1ccc(N2CCCC(n3cnc4cc(C(=N)N)ccc43)C2=O)c(F)c1. The van der Waals surface area contributed by atoms with Crippen molar-refractivity contribution in [2.24, 2.45) is 5.73 Å². The van der Waals surface area contributed by atoms with Crippen LogP contribution in [0, 0.1) is 11.2 Å². The summed E-state index contributed by atoms with van der Waals surface area (Å²) in [6.45, 7) is 0.368. The monoisotopic (exact) mass is 505 g/mol. The molecule has 3 N–H and O–H groups in total. The lowest BCUT2D eigenvalue weighted by atomic mass is 10.0. The summed E-state index contributed by atoms with van der Waals surface area (Å²) in [7, 11) is -3.51. The molecule has 10 heteroatoms. The summed E-state index contributed by atoms with van der Waals surface area (Å²) < 4.78 is 41.5. The maximum atomic E-state index is 15.4. The summed E-state index contributed by atoms with van der Waals surface area (Å²) in [4.78, 5) is 19.4. The van der Waals surface area contributed by atoms with Crippen molar-refractivity contribution in [1.29, 1.82) is 5.41 Å². The second kappa shape index (κ2) is 8.87. The van der Waals surface area contributed by atoms with E-state index in [0.29, 0.717) is 41.6 Å². The molecule has 5 rings (SSSR count). The lowest BCUT2D eigenvalue weighted by Gasteiger charge is -2.33. The Bertz CT molecular complexity index is 1630. The lowest BCUT2D eigenvalue weighted by Crippen LogP contribution is -2.42. The van der Waals surface area contributed by atoms with E-state index >= 15 is 4.39 Å². The highest BCUT2D eigenvalue weighted by molar-refractivity contribution is 7.90. The van der Waals surface area contributed by atoms with Gasteiger partial charge in [-0.1, -0.05) is 24.3 Å². The van der Waals surface area contributed by atoms with Crippen LogP contribution in [0.5, 0.6) is 0 Å². The topological polar surface area (TPSA) is 122 Å². The Hall–Kier alpha value is -4.05. The van der Waals surface area contributed by atoms with E-state index in [-0.39, 0.29) is 22.3 Å². The third kappa shape index (κ3) is 4.13. The molecule has 1 aliphatic rings. The van der Waals surface area contributed by atoms with Gasteiger partial charge in [-0.05, 0) is 54.8 Å². The maximum absolute atomic E-state index is 15.4. The van der Waals surface area contributed by atoms with Crippen molar-refractivity contribution >= 4 is 38.3 Å². The molecule has 0 spiro atoms. The number of nitrogen functional groups attached to an aromatic ring is 1. The number of anilines is 1. The number of sulfone groups is 1. The van der Waals surface area contributed by atoms with Gasteiger partial charge in [0.05, 0.1) is 27.9 Å². The molecule has 1 aromatic heterocycles. The average molecular weight is 506 g/mol. The van der Waals surface area contributed by atoms with Crippen molar-refractivity contribution in [3.8, 4) is 11.1 Å². The summed E-state index contributed by atoms with van der Waals surface area (Å²) in [5.41, 5.74) is 8.44. The summed E-state index contributed by atoms with van der Waals surface area (Å²) in [6.07, 6.45) is 3.95. The summed E-state index contributed by atoms with van der Waals surface area (Å²) >= 11 is 0. The van der Waals surface area contributed by atoms with Crippen molar-refractivity contribution in [2.75, 3.05) is 17.7 Å². The van der Waals surface area contributed by atoms with E-state index in [9.17, 15) is 13.2 Å². The zero-order valence-corrected chi connectivity index (χ0v) is 20.3. The molecule has 36 heavy (non-hydrogen) atoms. The minimum atomic E-state index is -3.51. The van der Waals surface area contributed by atoms with Gasteiger partial charge < -0.3 is 15.2 Å². The van der Waals surface area contributed by atoms with Gasteiger partial charge in [0, 0.05) is 23.9 Å². The van der Waals surface area contributed by atoms with E-state index in [4.69, 9.17) is 11.1 Å². The van der Waals surface area contributed by atoms with E-state index in [1.165, 1.54) is 23.1 Å². The first-order valence-electron chi connectivity index (χ1n) is 11.4. The molecule has 184 valence electrons. The van der Waals surface area contributed by atoms with Crippen LogP contribution < -0.4 is 10.6 Å². The number of amides is 1. The number of aromatic nitrogens is 2. The van der Waals surface area contributed by atoms with E-state index < -0.39 is 21.7 Å². The molecule has 1 saturated heterocycles. The van der Waals surface area contributed by atoms with Crippen LogP contribution >= 0.6 is 0 Å². The van der Waals surface area contributed by atoms with E-state index in [1.807, 2.05) is 0 Å². The Morgan fingerprint density at radius 1 is 1.14 bits per heavy atom. The third-order valence-electron chi connectivity index (χ3n) is 6.47. The Balaban J connectivity index is 1.48. The van der Waals surface area contributed by atoms with Gasteiger partial charge in [0.25, 0.3) is 0 Å². The van der Waals surface area contributed by atoms with Crippen LogP contribution in [0.4, 0.5) is 10.1 Å². The lowest BCUT2D eigenvalue weighted by molar-refractivity contribution is -0.123. The number of rotatable bonds is 5. The van der Waals surface area contributed by atoms with Crippen molar-refractivity contribution in [1.82, 2.24) is 9.55 Å². The van der Waals surface area contributed by atoms with Crippen LogP contribution in [0.2, 0.25) is 0 Å². The predicted molar refractivity (Wildman–Crippen MR) is 136 cm³/mol. The molecule has 0 aliphatic carbocycles. The number of nitrogens with one attached hydrogen (secondary N) is 1. The van der Waals surface area contributed by atoms with E-state index in [0.717, 1.165) is 11.8 Å². The molecule has 0 saturated carbocycles. The number of carbonyl (C=O) groups excluding carboxylic acids is 1. The molecule has 0 radical (unpaired) electrons. The molecule has 1 fully saturated rings. The van der Waals surface area contributed by atoms with Crippen molar-refractivity contribution in [3.63, 3.8) is 0 Å². The number of nitrogens with two attached hydrogens (primary N) is 1. The Labute approximate surface area is 207 Å². The first-order chi connectivity index (χ1) is 17.1. The third-order valence-corrected chi connectivity index (χ3v) is 7.62. The van der Waals surface area contributed by atoms with Gasteiger partial charge >= 0.3 is 0 Å². The van der Waals surface area contributed by atoms with Gasteiger partial charge in [0.1, 0.15) is 17.7 Å². The zero-order valence-electron chi connectivity index (χ0n) is 19.5. The first kappa shape index (κ1) is 23.7. The van der Waals surface area contributed by atoms with Crippen LogP contribution in [0.3, 0.4) is 0 Å². The normalized spacial score (nSPS) is 16.4. The maximum Gasteiger partial charge on any atom is 0.250 e. The first-order valence-corrected chi connectivity index (χ1v) is 13.3. The highest BCUT2D eigenvalue weighted by Gasteiger charge is 2.33. The number of benzene rings is 3. The molecule has 8 nitrogen and oxygen atoms in total. The minimum Gasteiger partial charge on any atom is -0.384 e. The highest BCUT2D eigenvalue weighted by atomic mass is 32.2. The molecule has 3 aromatic carbocycles. The molecule has 1 aliphatic heterocycles. The standard InChI is InChI=1S/C26H24FN5O3S/c1-36(34,35)24-7-3-2-5-18(24)16-8-10-21(19(27)13-16)31-12-4-6-23(26(31)33)32-15-30-20-14-17(25(28)29)9-11-22(20)32/h2-3,5,7-11,13-15,23H,4,6,12H2,1H3,(H3,28,29). The summed E-state index contributed by atoms with van der Waals surface area (Å²) in [5.74, 6) is -0.921. The van der Waals surface area contributed by atoms with Gasteiger partial charge in [-0.25, -0.2) is 17.8 Å². The van der Waals surface area contributed by atoms with E-state index in [2.05, 4.69) is 4.98 Å². The molecule has 2 heterocycles. The van der Waals surface area contributed by atoms with Gasteiger partial charge in [0.15, 0.2) is 9.84 Å². The number of fused-ring (bicyclic) bond motifs is 1. The zero-order chi connectivity index (χ0) is 25.6. The van der Waals surface area contributed by atoms with Crippen LogP contribution in [-0.4, -0.2) is 42.5 Å². The number of hydrogen-bond donors (Lipinski definition) is 2. The fourth-order valence-corrected chi connectivity index (χ4v) is 5.63. The Morgan fingerprint density at radius 2 is 1.92 bits per heavy atom. The average Bonchev–Trinajstić information content (AvgIpc) is 3.27. The fraction of sp³-hybridized carbons (Fsp3) is 0.192. The molecule has 4 aromatic rings. The predicted octanol–water partition coefficient (Wildman–Crippen LogP) is 3.90. The Morgan fingerprint density at radius 3 is 2.64 bits per heavy atom. The number of imidazole rings is 1. The number of carbonyl (C=O) groups is 1. The van der Waals surface area contributed by atoms with Gasteiger partial charge in [0.2, 0.25) is 5.91 Å². The molecule has 0 bridgehead atoms. The minimum absolute atomic E-state index is 0.0653. The summed E-state index contributed by atoms with van der Waals surface area (Å²) in [6, 6.07) is 15.5. The van der Waals surface area contributed by atoms with Crippen LogP contribution in [0.25, 0.3) is 22.2 Å². The summed E-state index contributed by atoms with van der Waals surface area (Å²) in [5, 5.41) is 7.62. The van der Waals surface area contributed by atoms with Crippen molar-refractivity contribution in [3.05, 3.63) is 78.4 Å². The van der Waals surface area contributed by atoms with Crippen LogP contribution in [-0.2, 0) is 14.6 Å². The largest absolute Gasteiger partial charge is 0.384 e. The molecular formula is C26H24FN5O3S. The number of piperidine rings is 1. The van der Waals surface area contributed by atoms with Crippen molar-refractivity contribution < 1.29 is 17.6 Å². The number of amidine groups is 1. The molecule has 1 atom stereocenters. The Kier molecular flexibility index (Phi) is 5.83. The molecule has 1 unspecified atom stereocenters. The second-order valence-electron chi connectivity index (χ2n) is 8.85. The fourth-order valence-electron chi connectivity index (χ4n) is 4.72. The van der Waals surface area contributed by atoms with Crippen LogP contribution in [0.15, 0.2) is 71.9 Å². The van der Waals surface area contributed by atoms with Crippen LogP contribution in [0.1, 0.15) is 24.4 Å². The van der Waals surface area contributed by atoms with Gasteiger partial charge in [-0.2, -0.15) is 0 Å². The number of halogens is 1. The number of hydrogen-bond acceptors (Lipinski definition) is 5. The highest BCUT2D eigenvalue weighted by Crippen LogP contribution is 2.34. The second-order valence-corrected chi connectivity index (χ2v) is 10.8. The smallest absolute Gasteiger partial charge is 0.250 e. The van der Waals surface area contributed by atoms with E-state index in [1.54, 1.807) is 53.4 Å². The van der Waals surface area contributed by atoms with Gasteiger partial charge in [-0.3, -0.25) is 10.2 Å². The number of nitrogens with zero attached hydrogens (tertiary/aromatic N) is 3. The van der Waals surface area contributed by atoms with Crippen molar-refractivity contribution in [2.45, 2.75) is 23.8 Å². The molecule has 1 amide bonds. The van der Waals surface area contributed by atoms with Gasteiger partial charge in [-0.15, -0.1) is 0 Å².